The van der Waals surface area contributed by atoms with Gasteiger partial charge in [0.2, 0.25) is 0 Å². The molecule has 4 aromatic rings. The van der Waals surface area contributed by atoms with Crippen LogP contribution < -0.4 is 0 Å². The lowest BCUT2D eigenvalue weighted by Crippen LogP contribution is -2.39. The van der Waals surface area contributed by atoms with Crippen LogP contribution in [0.25, 0.3) is 21.7 Å². The van der Waals surface area contributed by atoms with Gasteiger partial charge >= 0.3 is 0 Å². The van der Waals surface area contributed by atoms with Crippen LogP contribution >= 0.6 is 0 Å². The highest BCUT2D eigenvalue weighted by atomic mass is 19.1. The van der Waals surface area contributed by atoms with Crippen molar-refractivity contribution in [1.82, 2.24) is 9.47 Å². The van der Waals surface area contributed by atoms with E-state index < -0.39 is 0 Å². The predicted octanol–water partition coefficient (Wildman–Crippen LogP) is 5.65. The van der Waals surface area contributed by atoms with Crippen LogP contribution in [0, 0.1) is 5.82 Å². The van der Waals surface area contributed by atoms with E-state index in [1.807, 2.05) is 36.5 Å². The molecular formula is C26H25FN2O. The first-order chi connectivity index (χ1) is 14.6. The summed E-state index contributed by atoms with van der Waals surface area (Å²) in [6.45, 7) is 1.99. The Morgan fingerprint density at radius 2 is 1.67 bits per heavy atom. The molecule has 30 heavy (non-hydrogen) atoms. The Kier molecular flexibility index (Phi) is 4.87. The minimum Gasteiger partial charge on any atom is -0.345 e. The van der Waals surface area contributed by atoms with Crippen molar-refractivity contribution >= 4 is 27.5 Å². The number of hydrogen-bond donors (Lipinski definition) is 0. The molecular weight excluding hydrogens is 375 g/mol. The van der Waals surface area contributed by atoms with Crippen LogP contribution in [-0.4, -0.2) is 34.9 Å². The van der Waals surface area contributed by atoms with E-state index in [9.17, 15) is 9.18 Å². The van der Waals surface area contributed by atoms with Crippen molar-refractivity contribution in [2.45, 2.75) is 31.8 Å². The molecule has 0 saturated carbocycles. The molecule has 1 aliphatic rings. The summed E-state index contributed by atoms with van der Waals surface area (Å²) in [4.78, 5) is 16.0. The summed E-state index contributed by atoms with van der Waals surface area (Å²) in [6, 6.07) is 18.8. The van der Waals surface area contributed by atoms with E-state index in [1.54, 1.807) is 18.2 Å². The molecule has 2 heterocycles. The van der Waals surface area contributed by atoms with Gasteiger partial charge in [-0.15, -0.1) is 0 Å². The minimum atomic E-state index is -0.301. The van der Waals surface area contributed by atoms with Crippen LogP contribution in [0.5, 0.6) is 0 Å². The molecule has 0 aliphatic carbocycles. The molecule has 1 fully saturated rings. The Morgan fingerprint density at radius 1 is 0.933 bits per heavy atom. The number of likely N-dealkylation sites (N-methyl/N-ethyl adjacent to an activating group) is 1. The van der Waals surface area contributed by atoms with Gasteiger partial charge in [0, 0.05) is 46.2 Å². The summed E-state index contributed by atoms with van der Waals surface area (Å²) in [5.74, 6) is -0.358. The molecule has 152 valence electrons. The summed E-state index contributed by atoms with van der Waals surface area (Å²) in [5, 5.41) is 2.09. The molecule has 1 saturated heterocycles. The molecule has 3 nitrogen and oxygen atoms in total. The second-order valence-corrected chi connectivity index (χ2v) is 8.31. The lowest BCUT2D eigenvalue weighted by Gasteiger charge is -2.32. The maximum absolute atomic E-state index is 14.3. The number of nitrogens with zero attached hydrogens (tertiary/aromatic N) is 2. The minimum absolute atomic E-state index is 0.0573. The van der Waals surface area contributed by atoms with Crippen molar-refractivity contribution in [3.8, 4) is 0 Å². The summed E-state index contributed by atoms with van der Waals surface area (Å²) < 4.78 is 16.5. The highest BCUT2D eigenvalue weighted by Crippen LogP contribution is 2.29. The van der Waals surface area contributed by atoms with Crippen molar-refractivity contribution in [3.63, 3.8) is 0 Å². The standard InChI is InChI=1S/C26H25FN2O/c1-28-15-7-6-8-18(28)16-29-17-23(21-11-4-5-12-25(21)29)26(30)22-13-14-24(27)20-10-3-2-9-19(20)22/h2-5,9-14,17-18H,6-8,15-16H2,1H3/t18-/m0/s1. The topological polar surface area (TPSA) is 25.2 Å². The average Bonchev–Trinajstić information content (AvgIpc) is 3.14. The molecule has 4 heteroatoms. The van der Waals surface area contributed by atoms with Gasteiger partial charge in [-0.1, -0.05) is 48.9 Å². The van der Waals surface area contributed by atoms with E-state index in [4.69, 9.17) is 0 Å². The summed E-state index contributed by atoms with van der Waals surface area (Å²) in [7, 11) is 2.19. The third kappa shape index (κ3) is 3.21. The average molecular weight is 400 g/mol. The first-order valence-electron chi connectivity index (χ1n) is 10.6. The van der Waals surface area contributed by atoms with E-state index in [-0.39, 0.29) is 11.6 Å². The molecule has 0 N–H and O–H groups in total. The number of piperidine rings is 1. The number of para-hydroxylation sites is 1. The van der Waals surface area contributed by atoms with Crippen LogP contribution in [0.1, 0.15) is 35.2 Å². The molecule has 0 amide bonds. The SMILES string of the molecule is CN1CCCC[C@H]1Cn1cc(C(=O)c2ccc(F)c3ccccc23)c2ccccc21. The van der Waals surface area contributed by atoms with Crippen molar-refractivity contribution in [2.24, 2.45) is 0 Å². The number of carbonyl (C=O) groups excluding carboxylic acids is 1. The number of hydrogen-bond acceptors (Lipinski definition) is 2. The zero-order valence-corrected chi connectivity index (χ0v) is 17.1. The molecule has 3 aromatic carbocycles. The lowest BCUT2D eigenvalue weighted by molar-refractivity contribution is 0.104. The van der Waals surface area contributed by atoms with E-state index in [2.05, 4.69) is 22.6 Å². The van der Waals surface area contributed by atoms with Crippen molar-refractivity contribution < 1.29 is 9.18 Å². The van der Waals surface area contributed by atoms with Gasteiger partial charge in [0.05, 0.1) is 0 Å². The zero-order valence-electron chi connectivity index (χ0n) is 17.1. The molecule has 0 unspecified atom stereocenters. The Morgan fingerprint density at radius 3 is 2.47 bits per heavy atom. The number of rotatable bonds is 4. The molecule has 1 atom stereocenters. The van der Waals surface area contributed by atoms with Crippen molar-refractivity contribution in [1.29, 1.82) is 0 Å². The number of fused-ring (bicyclic) bond motifs is 2. The molecule has 0 spiro atoms. The second kappa shape index (κ2) is 7.69. The largest absolute Gasteiger partial charge is 0.345 e. The molecule has 0 radical (unpaired) electrons. The van der Waals surface area contributed by atoms with Gasteiger partial charge in [-0.05, 0) is 50.0 Å². The summed E-state index contributed by atoms with van der Waals surface area (Å²) >= 11 is 0. The van der Waals surface area contributed by atoms with Crippen LogP contribution in [0.2, 0.25) is 0 Å². The fraction of sp³-hybridized carbons (Fsp3) is 0.269. The van der Waals surface area contributed by atoms with Gasteiger partial charge in [-0.25, -0.2) is 4.39 Å². The number of halogens is 1. The fourth-order valence-electron chi connectivity index (χ4n) is 4.79. The molecule has 1 aromatic heterocycles. The van der Waals surface area contributed by atoms with Crippen LogP contribution in [0.3, 0.4) is 0 Å². The van der Waals surface area contributed by atoms with Gasteiger partial charge in [-0.3, -0.25) is 4.79 Å². The third-order valence-corrected chi connectivity index (χ3v) is 6.48. The highest BCUT2D eigenvalue weighted by molar-refractivity contribution is 6.21. The predicted molar refractivity (Wildman–Crippen MR) is 120 cm³/mol. The normalized spacial score (nSPS) is 17.6. The quantitative estimate of drug-likeness (QED) is 0.414. The monoisotopic (exact) mass is 400 g/mol. The highest BCUT2D eigenvalue weighted by Gasteiger charge is 2.23. The third-order valence-electron chi connectivity index (χ3n) is 6.48. The molecule has 1 aliphatic heterocycles. The van der Waals surface area contributed by atoms with Gasteiger partial charge in [0.1, 0.15) is 5.82 Å². The van der Waals surface area contributed by atoms with Crippen LogP contribution in [0.15, 0.2) is 66.9 Å². The van der Waals surface area contributed by atoms with Gasteiger partial charge < -0.3 is 9.47 Å². The Balaban J connectivity index is 1.60. The van der Waals surface area contributed by atoms with Crippen LogP contribution in [0.4, 0.5) is 4.39 Å². The van der Waals surface area contributed by atoms with Crippen LogP contribution in [-0.2, 0) is 6.54 Å². The Hall–Kier alpha value is -2.98. The Labute approximate surface area is 175 Å². The Bertz CT molecular complexity index is 1240. The van der Waals surface area contributed by atoms with Crippen molar-refractivity contribution in [2.75, 3.05) is 13.6 Å². The van der Waals surface area contributed by atoms with E-state index >= 15 is 0 Å². The number of ketones is 1. The number of carbonyl (C=O) groups is 1. The van der Waals surface area contributed by atoms with Gasteiger partial charge in [0.25, 0.3) is 0 Å². The maximum atomic E-state index is 14.3. The molecule has 5 rings (SSSR count). The zero-order chi connectivity index (χ0) is 20.7. The number of aromatic nitrogens is 1. The smallest absolute Gasteiger partial charge is 0.195 e. The lowest BCUT2D eigenvalue weighted by atomic mass is 9.97. The van der Waals surface area contributed by atoms with Crippen molar-refractivity contribution in [3.05, 3.63) is 83.8 Å². The number of benzene rings is 3. The van der Waals surface area contributed by atoms with Gasteiger partial charge in [0.15, 0.2) is 5.78 Å². The van der Waals surface area contributed by atoms with E-state index in [0.717, 1.165) is 24.0 Å². The maximum Gasteiger partial charge on any atom is 0.195 e. The second-order valence-electron chi connectivity index (χ2n) is 8.31. The number of likely N-dealkylation sites (tertiary alicyclic amines) is 1. The van der Waals surface area contributed by atoms with E-state index in [1.165, 1.54) is 25.3 Å². The van der Waals surface area contributed by atoms with Gasteiger partial charge in [-0.2, -0.15) is 0 Å². The first kappa shape index (κ1) is 19.0. The fourth-order valence-corrected chi connectivity index (χ4v) is 4.79. The summed E-state index contributed by atoms with van der Waals surface area (Å²) in [5.41, 5.74) is 2.30. The first-order valence-corrected chi connectivity index (χ1v) is 10.6. The van der Waals surface area contributed by atoms with E-state index in [0.29, 0.717) is 27.9 Å². The molecule has 0 bridgehead atoms. The summed E-state index contributed by atoms with van der Waals surface area (Å²) in [6.07, 6.45) is 5.67.